The smallest absolute Gasteiger partial charge is 0.229 e. The predicted octanol–water partition coefficient (Wildman–Crippen LogP) is 2.39. The maximum Gasteiger partial charge on any atom is 0.229 e. The Morgan fingerprint density at radius 1 is 1.53 bits per heavy atom. The van der Waals surface area contributed by atoms with Gasteiger partial charge in [0.15, 0.2) is 11.0 Å². The number of aromatic nitrogens is 2. The third-order valence-electron chi connectivity index (χ3n) is 2.03. The summed E-state index contributed by atoms with van der Waals surface area (Å²) < 4.78 is 0.678. The van der Waals surface area contributed by atoms with Gasteiger partial charge in [0.05, 0.1) is 4.47 Å². The van der Waals surface area contributed by atoms with Crippen molar-refractivity contribution in [2.75, 3.05) is 11.4 Å². The molecule has 1 amide bonds. The molecule has 0 bridgehead atoms. The highest BCUT2D eigenvalue weighted by Gasteiger charge is 2.31. The Morgan fingerprint density at radius 3 is 2.80 bits per heavy atom. The minimum Gasteiger partial charge on any atom is -0.293 e. The maximum absolute atomic E-state index is 11.6. The van der Waals surface area contributed by atoms with E-state index >= 15 is 0 Å². The molecule has 1 aliphatic rings. The van der Waals surface area contributed by atoms with Crippen LogP contribution in [0.3, 0.4) is 0 Å². The molecule has 1 saturated heterocycles. The molecule has 2 rings (SSSR count). The van der Waals surface area contributed by atoms with Crippen molar-refractivity contribution in [1.82, 2.24) is 10.2 Å². The van der Waals surface area contributed by atoms with Crippen molar-refractivity contribution >= 4 is 55.2 Å². The van der Waals surface area contributed by atoms with Gasteiger partial charge in [-0.3, -0.25) is 9.69 Å². The second-order valence-corrected chi connectivity index (χ2v) is 5.68. The summed E-state index contributed by atoms with van der Waals surface area (Å²) in [5.74, 6) is 0.556. The minimum atomic E-state index is 0.0363. The van der Waals surface area contributed by atoms with Crippen LogP contribution >= 0.6 is 43.5 Å². The fraction of sp³-hybridized carbons (Fsp3) is 0.375. The van der Waals surface area contributed by atoms with Crippen LogP contribution in [0.2, 0.25) is 5.15 Å². The van der Waals surface area contributed by atoms with Crippen LogP contribution in [0, 0.1) is 0 Å². The first-order valence-electron chi connectivity index (χ1n) is 4.21. The van der Waals surface area contributed by atoms with Gasteiger partial charge in [-0.1, -0.05) is 27.5 Å². The predicted molar refractivity (Wildman–Crippen MR) is 64.4 cm³/mol. The molecule has 1 aromatic heterocycles. The highest BCUT2D eigenvalue weighted by Crippen LogP contribution is 2.30. The van der Waals surface area contributed by atoms with Crippen LogP contribution in [0.25, 0.3) is 0 Å². The van der Waals surface area contributed by atoms with Gasteiger partial charge in [0, 0.05) is 17.8 Å². The summed E-state index contributed by atoms with van der Waals surface area (Å²) in [6, 6.07) is 1.62. The molecule has 2 heterocycles. The third-order valence-corrected chi connectivity index (χ3v) is 3.41. The van der Waals surface area contributed by atoms with Crippen LogP contribution < -0.4 is 4.90 Å². The molecule has 7 heteroatoms. The number of amides is 1. The first kappa shape index (κ1) is 11.3. The number of carbonyl (C=O) groups excluding carboxylic acids is 1. The lowest BCUT2D eigenvalue weighted by Crippen LogP contribution is -2.26. The molecule has 15 heavy (non-hydrogen) atoms. The molecular formula is C8H6Br2ClN3O. The fourth-order valence-electron chi connectivity index (χ4n) is 1.39. The SMILES string of the molecule is O=C1CC(Br)CN1c1nnc(Cl)cc1Br. The zero-order valence-electron chi connectivity index (χ0n) is 7.45. The highest BCUT2D eigenvalue weighted by atomic mass is 79.9. The van der Waals surface area contributed by atoms with Crippen molar-refractivity contribution in [2.45, 2.75) is 11.2 Å². The highest BCUT2D eigenvalue weighted by molar-refractivity contribution is 9.10. The topological polar surface area (TPSA) is 46.1 Å². The van der Waals surface area contributed by atoms with E-state index in [2.05, 4.69) is 42.1 Å². The summed E-state index contributed by atoms with van der Waals surface area (Å²) in [7, 11) is 0. The van der Waals surface area contributed by atoms with Crippen LogP contribution in [-0.2, 0) is 4.79 Å². The zero-order valence-corrected chi connectivity index (χ0v) is 11.4. The lowest BCUT2D eigenvalue weighted by atomic mass is 10.4. The third kappa shape index (κ3) is 2.32. The Morgan fingerprint density at radius 2 is 2.27 bits per heavy atom. The Balaban J connectivity index is 2.34. The first-order chi connectivity index (χ1) is 7.08. The molecule has 1 aliphatic heterocycles. The molecule has 0 saturated carbocycles. The van der Waals surface area contributed by atoms with Crippen molar-refractivity contribution in [2.24, 2.45) is 0 Å². The number of anilines is 1. The van der Waals surface area contributed by atoms with Gasteiger partial charge in [0.25, 0.3) is 0 Å². The van der Waals surface area contributed by atoms with Gasteiger partial charge in [-0.2, -0.15) is 0 Å². The zero-order chi connectivity index (χ0) is 11.0. The standard InChI is InChI=1S/C8H6Br2ClN3O/c9-4-1-7(15)14(3-4)8-5(10)2-6(11)12-13-8/h2,4H,1,3H2. The number of nitrogens with zero attached hydrogens (tertiary/aromatic N) is 3. The fourth-order valence-corrected chi connectivity index (χ4v) is 2.75. The van der Waals surface area contributed by atoms with Gasteiger partial charge >= 0.3 is 0 Å². The molecule has 4 nitrogen and oxygen atoms in total. The van der Waals surface area contributed by atoms with Gasteiger partial charge < -0.3 is 0 Å². The Hall–Kier alpha value is -0.200. The number of rotatable bonds is 1. The van der Waals surface area contributed by atoms with E-state index in [0.29, 0.717) is 28.4 Å². The van der Waals surface area contributed by atoms with Gasteiger partial charge in [0.2, 0.25) is 5.91 Å². The molecule has 0 N–H and O–H groups in total. The second-order valence-electron chi connectivity index (χ2n) is 3.14. The lowest BCUT2D eigenvalue weighted by molar-refractivity contribution is -0.117. The largest absolute Gasteiger partial charge is 0.293 e. The van der Waals surface area contributed by atoms with Crippen molar-refractivity contribution in [3.63, 3.8) is 0 Å². The summed E-state index contributed by atoms with van der Waals surface area (Å²) in [4.78, 5) is 13.4. The number of carbonyl (C=O) groups is 1. The molecule has 0 radical (unpaired) electrons. The summed E-state index contributed by atoms with van der Waals surface area (Å²) in [5.41, 5.74) is 0. The van der Waals surface area contributed by atoms with Gasteiger partial charge in [0.1, 0.15) is 0 Å². The molecule has 1 aromatic rings. The molecule has 0 spiro atoms. The van der Waals surface area contributed by atoms with E-state index in [0.717, 1.165) is 0 Å². The van der Waals surface area contributed by atoms with Crippen LogP contribution in [-0.4, -0.2) is 27.5 Å². The average Bonchev–Trinajstić information content (AvgIpc) is 2.45. The van der Waals surface area contributed by atoms with E-state index in [1.165, 1.54) is 0 Å². The Kier molecular flexibility index (Phi) is 3.27. The summed E-state index contributed by atoms with van der Waals surface area (Å²) in [6.07, 6.45) is 0.483. The van der Waals surface area contributed by atoms with Crippen LogP contribution in [0.4, 0.5) is 5.82 Å². The van der Waals surface area contributed by atoms with Crippen LogP contribution in [0.15, 0.2) is 10.5 Å². The monoisotopic (exact) mass is 353 g/mol. The first-order valence-corrected chi connectivity index (χ1v) is 6.29. The van der Waals surface area contributed by atoms with Crippen molar-refractivity contribution in [1.29, 1.82) is 0 Å². The maximum atomic E-state index is 11.6. The Bertz CT molecular complexity index is 415. The molecule has 0 aromatic carbocycles. The van der Waals surface area contributed by atoms with Gasteiger partial charge in [-0.05, 0) is 22.0 Å². The Labute approximate surface area is 108 Å². The van der Waals surface area contributed by atoms with Crippen LogP contribution in [0.5, 0.6) is 0 Å². The van der Waals surface area contributed by atoms with Crippen molar-refractivity contribution in [3.05, 3.63) is 15.7 Å². The van der Waals surface area contributed by atoms with E-state index in [1.54, 1.807) is 11.0 Å². The molecule has 0 aliphatic carbocycles. The van der Waals surface area contributed by atoms with E-state index in [4.69, 9.17) is 11.6 Å². The van der Waals surface area contributed by atoms with Crippen molar-refractivity contribution < 1.29 is 4.79 Å². The van der Waals surface area contributed by atoms with Gasteiger partial charge in [-0.15, -0.1) is 10.2 Å². The number of hydrogen-bond donors (Lipinski definition) is 0. The minimum absolute atomic E-state index is 0.0363. The molecular weight excluding hydrogens is 349 g/mol. The molecule has 1 fully saturated rings. The lowest BCUT2D eigenvalue weighted by Gasteiger charge is -2.15. The van der Waals surface area contributed by atoms with E-state index in [-0.39, 0.29) is 10.7 Å². The number of alkyl halides is 1. The van der Waals surface area contributed by atoms with E-state index in [1.807, 2.05) is 0 Å². The summed E-state index contributed by atoms with van der Waals surface area (Å²) in [6.45, 7) is 0.605. The summed E-state index contributed by atoms with van der Waals surface area (Å²) in [5, 5.41) is 7.92. The second kappa shape index (κ2) is 4.35. The quantitative estimate of drug-likeness (QED) is 0.727. The van der Waals surface area contributed by atoms with E-state index in [9.17, 15) is 4.79 Å². The average molecular weight is 355 g/mol. The summed E-state index contributed by atoms with van der Waals surface area (Å²) >= 11 is 12.4. The normalized spacial score (nSPS) is 21.1. The van der Waals surface area contributed by atoms with Crippen LogP contribution in [0.1, 0.15) is 6.42 Å². The number of hydrogen-bond acceptors (Lipinski definition) is 3. The number of halogens is 3. The van der Waals surface area contributed by atoms with Crippen molar-refractivity contribution in [3.8, 4) is 0 Å². The molecule has 1 unspecified atom stereocenters. The van der Waals surface area contributed by atoms with Gasteiger partial charge in [-0.25, -0.2) is 0 Å². The molecule has 80 valence electrons. The van der Waals surface area contributed by atoms with E-state index < -0.39 is 0 Å². The molecule has 1 atom stereocenters.